The van der Waals surface area contributed by atoms with Crippen molar-refractivity contribution in [1.82, 2.24) is 19.7 Å². The van der Waals surface area contributed by atoms with Crippen LogP contribution >= 0.6 is 11.6 Å². The lowest BCUT2D eigenvalue weighted by Crippen LogP contribution is -2.17. The van der Waals surface area contributed by atoms with Crippen molar-refractivity contribution in [2.75, 3.05) is 11.9 Å². The van der Waals surface area contributed by atoms with Crippen molar-refractivity contribution >= 4 is 28.3 Å². The maximum absolute atomic E-state index is 15.1. The first-order valence-electron chi connectivity index (χ1n) is 9.68. The van der Waals surface area contributed by atoms with E-state index in [1.54, 1.807) is 47.4 Å². The van der Waals surface area contributed by atoms with Crippen LogP contribution in [-0.4, -0.2) is 26.3 Å². The second-order valence-electron chi connectivity index (χ2n) is 7.31. The SMILES string of the molecule is CC(C)n1nccc1-c1ccnc(NCCc2cc3cc(Cl)ccc3[nH]c2=O)c1F. The van der Waals surface area contributed by atoms with Gasteiger partial charge in [-0.3, -0.25) is 9.48 Å². The third-order valence-corrected chi connectivity index (χ3v) is 5.13. The molecule has 0 fully saturated rings. The first kappa shape index (κ1) is 20.1. The molecule has 0 saturated carbocycles. The number of fused-ring (bicyclic) bond motifs is 1. The largest absolute Gasteiger partial charge is 0.367 e. The number of aromatic amines is 1. The highest BCUT2D eigenvalue weighted by atomic mass is 35.5. The van der Waals surface area contributed by atoms with Crippen molar-refractivity contribution in [1.29, 1.82) is 0 Å². The van der Waals surface area contributed by atoms with E-state index in [0.29, 0.717) is 34.8 Å². The minimum Gasteiger partial charge on any atom is -0.367 e. The molecule has 3 aromatic heterocycles. The molecule has 0 amide bonds. The molecule has 0 spiro atoms. The fraction of sp³-hybridized carbons (Fsp3) is 0.227. The zero-order chi connectivity index (χ0) is 21.3. The van der Waals surface area contributed by atoms with Gasteiger partial charge in [0.1, 0.15) is 0 Å². The number of pyridine rings is 2. The molecule has 3 heterocycles. The van der Waals surface area contributed by atoms with Crippen molar-refractivity contribution in [2.24, 2.45) is 0 Å². The van der Waals surface area contributed by atoms with Crippen LogP contribution in [0.25, 0.3) is 22.2 Å². The van der Waals surface area contributed by atoms with Gasteiger partial charge in [0.25, 0.3) is 5.56 Å². The van der Waals surface area contributed by atoms with Gasteiger partial charge in [-0.1, -0.05) is 11.6 Å². The third kappa shape index (κ3) is 3.93. The number of benzene rings is 1. The maximum atomic E-state index is 15.1. The van der Waals surface area contributed by atoms with Gasteiger partial charge in [-0.2, -0.15) is 5.10 Å². The summed E-state index contributed by atoms with van der Waals surface area (Å²) in [4.78, 5) is 19.3. The molecule has 4 aromatic rings. The first-order chi connectivity index (χ1) is 14.4. The van der Waals surface area contributed by atoms with Crippen molar-refractivity contribution < 1.29 is 4.39 Å². The predicted molar refractivity (Wildman–Crippen MR) is 118 cm³/mol. The van der Waals surface area contributed by atoms with Gasteiger partial charge in [-0.05, 0) is 62.1 Å². The van der Waals surface area contributed by atoms with Crippen molar-refractivity contribution in [2.45, 2.75) is 26.3 Å². The van der Waals surface area contributed by atoms with Crippen LogP contribution in [0.3, 0.4) is 0 Å². The first-order valence-corrected chi connectivity index (χ1v) is 10.1. The molecule has 0 aliphatic heterocycles. The number of H-pyrrole nitrogens is 1. The number of anilines is 1. The summed E-state index contributed by atoms with van der Waals surface area (Å²) in [5, 5.41) is 8.72. The van der Waals surface area contributed by atoms with E-state index in [9.17, 15) is 4.79 Å². The van der Waals surface area contributed by atoms with Crippen LogP contribution in [0.5, 0.6) is 0 Å². The second-order valence-corrected chi connectivity index (χ2v) is 7.74. The fourth-order valence-electron chi connectivity index (χ4n) is 3.43. The minimum atomic E-state index is -0.445. The number of hydrogen-bond acceptors (Lipinski definition) is 4. The van der Waals surface area contributed by atoms with E-state index < -0.39 is 5.82 Å². The average molecular weight is 426 g/mol. The molecule has 0 atom stereocenters. The molecule has 8 heteroatoms. The van der Waals surface area contributed by atoms with Gasteiger partial charge in [0, 0.05) is 46.6 Å². The molecule has 0 aliphatic rings. The van der Waals surface area contributed by atoms with E-state index in [2.05, 4.69) is 20.4 Å². The van der Waals surface area contributed by atoms with E-state index in [-0.39, 0.29) is 17.4 Å². The summed E-state index contributed by atoms with van der Waals surface area (Å²) in [6.07, 6.45) is 3.62. The summed E-state index contributed by atoms with van der Waals surface area (Å²) in [5.74, 6) is -0.302. The Morgan fingerprint density at radius 2 is 2.03 bits per heavy atom. The smallest absolute Gasteiger partial charge is 0.251 e. The summed E-state index contributed by atoms with van der Waals surface area (Å²) < 4.78 is 16.9. The minimum absolute atomic E-state index is 0.104. The zero-order valence-corrected chi connectivity index (χ0v) is 17.4. The fourth-order valence-corrected chi connectivity index (χ4v) is 3.61. The number of halogens is 2. The molecule has 154 valence electrons. The zero-order valence-electron chi connectivity index (χ0n) is 16.6. The highest BCUT2D eigenvalue weighted by molar-refractivity contribution is 6.31. The average Bonchev–Trinajstić information content (AvgIpc) is 3.20. The number of hydrogen-bond donors (Lipinski definition) is 2. The summed E-state index contributed by atoms with van der Waals surface area (Å²) in [6.45, 7) is 4.33. The Morgan fingerprint density at radius 1 is 1.20 bits per heavy atom. The molecule has 1 aromatic carbocycles. The number of nitrogens with one attached hydrogen (secondary N) is 2. The van der Waals surface area contributed by atoms with Crippen LogP contribution in [0.1, 0.15) is 25.5 Å². The Morgan fingerprint density at radius 3 is 2.83 bits per heavy atom. The Balaban J connectivity index is 1.54. The lowest BCUT2D eigenvalue weighted by Gasteiger charge is -2.13. The molecule has 6 nitrogen and oxygen atoms in total. The van der Waals surface area contributed by atoms with E-state index in [1.807, 2.05) is 19.9 Å². The van der Waals surface area contributed by atoms with Gasteiger partial charge in [-0.15, -0.1) is 0 Å². The second kappa shape index (κ2) is 8.28. The Kier molecular flexibility index (Phi) is 5.55. The topological polar surface area (TPSA) is 75.6 Å². The highest BCUT2D eigenvalue weighted by Crippen LogP contribution is 2.27. The lowest BCUT2D eigenvalue weighted by atomic mass is 10.1. The molecule has 0 saturated heterocycles. The Bertz CT molecular complexity index is 1260. The normalized spacial score (nSPS) is 11.4. The Hall–Kier alpha value is -3.19. The molecule has 0 aliphatic carbocycles. The molecular formula is C22H21ClFN5O. The summed E-state index contributed by atoms with van der Waals surface area (Å²) in [7, 11) is 0. The van der Waals surface area contributed by atoms with Crippen LogP contribution in [0.4, 0.5) is 10.2 Å². The van der Waals surface area contributed by atoms with Crippen molar-refractivity contribution in [3.8, 4) is 11.3 Å². The van der Waals surface area contributed by atoms with Crippen molar-refractivity contribution in [3.63, 3.8) is 0 Å². The predicted octanol–water partition coefficient (Wildman–Crippen LogP) is 4.81. The van der Waals surface area contributed by atoms with Gasteiger partial charge in [0.2, 0.25) is 0 Å². The third-order valence-electron chi connectivity index (χ3n) is 4.89. The van der Waals surface area contributed by atoms with Crippen LogP contribution in [0, 0.1) is 5.82 Å². The molecule has 4 rings (SSSR count). The summed E-state index contributed by atoms with van der Waals surface area (Å²) >= 11 is 6.04. The highest BCUT2D eigenvalue weighted by Gasteiger charge is 2.16. The standard InChI is InChI=1S/C22H21ClFN5O/c1-13(2)29-19(7-10-27-29)17-6-9-26-21(20(17)24)25-8-5-14-11-15-12-16(23)3-4-18(15)28-22(14)30/h3-4,6-7,9-13H,5,8H2,1-2H3,(H,25,26)(H,28,30). The molecular weight excluding hydrogens is 405 g/mol. The number of nitrogens with zero attached hydrogens (tertiary/aromatic N) is 3. The van der Waals surface area contributed by atoms with Crippen LogP contribution in [0.2, 0.25) is 5.02 Å². The molecule has 0 radical (unpaired) electrons. The van der Waals surface area contributed by atoms with E-state index in [0.717, 1.165) is 10.9 Å². The van der Waals surface area contributed by atoms with Gasteiger partial charge < -0.3 is 10.3 Å². The molecule has 2 N–H and O–H groups in total. The quantitative estimate of drug-likeness (QED) is 0.464. The van der Waals surface area contributed by atoms with Crippen molar-refractivity contribution in [3.05, 3.63) is 75.5 Å². The summed E-state index contributed by atoms with van der Waals surface area (Å²) in [6, 6.07) is 10.6. The lowest BCUT2D eigenvalue weighted by molar-refractivity contribution is 0.535. The molecule has 30 heavy (non-hydrogen) atoms. The van der Waals surface area contributed by atoms with Gasteiger partial charge in [0.05, 0.1) is 5.69 Å². The monoisotopic (exact) mass is 425 g/mol. The van der Waals surface area contributed by atoms with Crippen LogP contribution < -0.4 is 10.9 Å². The number of rotatable bonds is 6. The molecule has 0 bridgehead atoms. The maximum Gasteiger partial charge on any atom is 0.251 e. The van der Waals surface area contributed by atoms with Gasteiger partial charge >= 0.3 is 0 Å². The van der Waals surface area contributed by atoms with E-state index in [1.165, 1.54) is 0 Å². The van der Waals surface area contributed by atoms with Gasteiger partial charge in [0.15, 0.2) is 11.6 Å². The number of aromatic nitrogens is 4. The molecule has 0 unspecified atom stereocenters. The van der Waals surface area contributed by atoms with E-state index >= 15 is 4.39 Å². The van der Waals surface area contributed by atoms with Gasteiger partial charge in [-0.25, -0.2) is 9.37 Å². The van der Waals surface area contributed by atoms with Crippen LogP contribution in [0.15, 0.2) is 53.6 Å². The summed E-state index contributed by atoms with van der Waals surface area (Å²) in [5.41, 5.74) is 2.26. The van der Waals surface area contributed by atoms with E-state index in [4.69, 9.17) is 11.6 Å². The van der Waals surface area contributed by atoms with Crippen LogP contribution in [-0.2, 0) is 6.42 Å². The Labute approximate surface area is 177 Å².